The summed E-state index contributed by atoms with van der Waals surface area (Å²) in [6.07, 6.45) is 2.67. The maximum absolute atomic E-state index is 12.0. The van der Waals surface area contributed by atoms with Crippen LogP contribution in [0.4, 0.5) is 5.69 Å². The van der Waals surface area contributed by atoms with Gasteiger partial charge in [0.15, 0.2) is 0 Å². The van der Waals surface area contributed by atoms with Crippen molar-refractivity contribution in [3.05, 3.63) is 24.3 Å². The standard InChI is InChI=1S/C15H24N4O3S/c1-17-13-5-3-8-19(11-13)9-7-15(20)18-12-4-2-6-14(10-12)23(16,21)22/h2,4,6,10,13,17H,3,5,7-9,11H2,1H3,(H,18,20)(H2,16,21,22). The number of likely N-dealkylation sites (N-methyl/N-ethyl adjacent to an activating group) is 1. The third kappa shape index (κ3) is 5.58. The smallest absolute Gasteiger partial charge is 0.238 e. The van der Waals surface area contributed by atoms with E-state index in [1.807, 2.05) is 7.05 Å². The van der Waals surface area contributed by atoms with Crippen LogP contribution in [0.1, 0.15) is 19.3 Å². The summed E-state index contributed by atoms with van der Waals surface area (Å²) in [6.45, 7) is 2.65. The van der Waals surface area contributed by atoms with E-state index in [-0.39, 0.29) is 10.8 Å². The molecule has 1 amide bonds. The lowest BCUT2D eigenvalue weighted by atomic mass is 10.1. The zero-order valence-corrected chi connectivity index (χ0v) is 14.1. The topological polar surface area (TPSA) is 105 Å². The van der Waals surface area contributed by atoms with Crippen molar-refractivity contribution in [1.82, 2.24) is 10.2 Å². The molecular weight excluding hydrogens is 316 g/mol. The summed E-state index contributed by atoms with van der Waals surface area (Å²) in [4.78, 5) is 14.3. The lowest BCUT2D eigenvalue weighted by Crippen LogP contribution is -2.45. The number of anilines is 1. The molecule has 1 fully saturated rings. The number of amides is 1. The highest BCUT2D eigenvalue weighted by molar-refractivity contribution is 7.89. The Hall–Kier alpha value is -1.48. The van der Waals surface area contributed by atoms with Crippen LogP contribution in [-0.4, -0.2) is 51.9 Å². The van der Waals surface area contributed by atoms with E-state index >= 15 is 0 Å². The summed E-state index contributed by atoms with van der Waals surface area (Å²) >= 11 is 0. The minimum atomic E-state index is -3.77. The van der Waals surface area contributed by atoms with Crippen LogP contribution in [0.5, 0.6) is 0 Å². The monoisotopic (exact) mass is 340 g/mol. The van der Waals surface area contributed by atoms with Crippen LogP contribution >= 0.6 is 0 Å². The van der Waals surface area contributed by atoms with Crippen molar-refractivity contribution in [3.8, 4) is 0 Å². The molecule has 128 valence electrons. The van der Waals surface area contributed by atoms with Crippen molar-refractivity contribution < 1.29 is 13.2 Å². The van der Waals surface area contributed by atoms with Crippen LogP contribution in [0.15, 0.2) is 29.2 Å². The Morgan fingerprint density at radius 2 is 2.22 bits per heavy atom. The number of benzene rings is 1. The van der Waals surface area contributed by atoms with Crippen LogP contribution in [-0.2, 0) is 14.8 Å². The zero-order valence-electron chi connectivity index (χ0n) is 13.3. The first-order valence-electron chi connectivity index (χ1n) is 7.71. The molecule has 0 radical (unpaired) electrons. The molecule has 1 aliphatic heterocycles. The maximum Gasteiger partial charge on any atom is 0.238 e. The number of rotatable bonds is 6. The molecule has 0 bridgehead atoms. The molecule has 0 spiro atoms. The Labute approximate surface area is 137 Å². The lowest BCUT2D eigenvalue weighted by molar-refractivity contribution is -0.116. The second-order valence-electron chi connectivity index (χ2n) is 5.80. The van der Waals surface area contributed by atoms with Gasteiger partial charge < -0.3 is 15.5 Å². The molecule has 1 unspecified atom stereocenters. The van der Waals surface area contributed by atoms with Gasteiger partial charge in [-0.05, 0) is 44.6 Å². The first kappa shape index (κ1) is 17.9. The third-order valence-electron chi connectivity index (χ3n) is 4.02. The van der Waals surface area contributed by atoms with Crippen LogP contribution in [0.2, 0.25) is 0 Å². The Balaban J connectivity index is 1.85. The van der Waals surface area contributed by atoms with E-state index in [0.29, 0.717) is 24.7 Å². The summed E-state index contributed by atoms with van der Waals surface area (Å²) in [5.74, 6) is -0.136. The van der Waals surface area contributed by atoms with E-state index in [9.17, 15) is 13.2 Å². The average molecular weight is 340 g/mol. The van der Waals surface area contributed by atoms with Crippen molar-refractivity contribution in [1.29, 1.82) is 0 Å². The molecule has 7 nitrogen and oxygen atoms in total. The number of likely N-dealkylation sites (tertiary alicyclic amines) is 1. The molecule has 1 atom stereocenters. The highest BCUT2D eigenvalue weighted by Crippen LogP contribution is 2.15. The van der Waals surface area contributed by atoms with Crippen molar-refractivity contribution in [2.45, 2.75) is 30.2 Å². The van der Waals surface area contributed by atoms with Crippen molar-refractivity contribution in [2.24, 2.45) is 5.14 Å². The first-order chi connectivity index (χ1) is 10.9. The summed E-state index contributed by atoms with van der Waals surface area (Å²) in [6, 6.07) is 6.45. The lowest BCUT2D eigenvalue weighted by Gasteiger charge is -2.32. The summed E-state index contributed by atoms with van der Waals surface area (Å²) in [7, 11) is -1.81. The molecule has 23 heavy (non-hydrogen) atoms. The molecular formula is C15H24N4O3S. The van der Waals surface area contributed by atoms with Gasteiger partial charge in [-0.15, -0.1) is 0 Å². The minimum absolute atomic E-state index is 0.0109. The number of hydrogen-bond acceptors (Lipinski definition) is 5. The van der Waals surface area contributed by atoms with Gasteiger partial charge >= 0.3 is 0 Å². The van der Waals surface area contributed by atoms with Gasteiger partial charge in [0, 0.05) is 31.2 Å². The molecule has 1 aromatic carbocycles. The van der Waals surface area contributed by atoms with E-state index in [2.05, 4.69) is 15.5 Å². The van der Waals surface area contributed by atoms with Crippen LogP contribution < -0.4 is 15.8 Å². The van der Waals surface area contributed by atoms with Crippen LogP contribution in [0.3, 0.4) is 0 Å². The number of sulfonamides is 1. The molecule has 1 aliphatic rings. The highest BCUT2D eigenvalue weighted by Gasteiger charge is 2.18. The van der Waals surface area contributed by atoms with Crippen molar-refractivity contribution >= 4 is 21.6 Å². The van der Waals surface area contributed by atoms with E-state index in [0.717, 1.165) is 19.5 Å². The second-order valence-corrected chi connectivity index (χ2v) is 7.36. The summed E-state index contributed by atoms with van der Waals surface area (Å²) < 4.78 is 22.6. The van der Waals surface area contributed by atoms with Gasteiger partial charge in [-0.25, -0.2) is 13.6 Å². The molecule has 0 saturated carbocycles. The van der Waals surface area contributed by atoms with Crippen molar-refractivity contribution in [3.63, 3.8) is 0 Å². The highest BCUT2D eigenvalue weighted by atomic mass is 32.2. The fourth-order valence-electron chi connectivity index (χ4n) is 2.73. The molecule has 4 N–H and O–H groups in total. The number of nitrogens with two attached hydrogens (primary N) is 1. The van der Waals surface area contributed by atoms with E-state index in [1.54, 1.807) is 12.1 Å². The van der Waals surface area contributed by atoms with E-state index in [1.165, 1.54) is 18.6 Å². The predicted octanol–water partition coefficient (Wildman–Crippen LogP) is 0.346. The molecule has 8 heteroatoms. The van der Waals surface area contributed by atoms with Gasteiger partial charge in [0.25, 0.3) is 0 Å². The fourth-order valence-corrected chi connectivity index (χ4v) is 3.29. The maximum atomic E-state index is 12.0. The van der Waals surface area contributed by atoms with E-state index in [4.69, 9.17) is 5.14 Å². The number of nitrogens with one attached hydrogen (secondary N) is 2. The summed E-state index contributed by atoms with van der Waals surface area (Å²) in [5.41, 5.74) is 0.438. The number of carbonyl (C=O) groups excluding carboxylic acids is 1. The van der Waals surface area contributed by atoms with Gasteiger partial charge in [0.05, 0.1) is 4.90 Å². The van der Waals surface area contributed by atoms with Gasteiger partial charge in [-0.1, -0.05) is 6.07 Å². The Bertz CT molecular complexity index is 648. The Morgan fingerprint density at radius 3 is 2.91 bits per heavy atom. The van der Waals surface area contributed by atoms with Gasteiger partial charge in [0.1, 0.15) is 0 Å². The van der Waals surface area contributed by atoms with E-state index < -0.39 is 10.0 Å². The molecule has 0 aromatic heterocycles. The normalized spacial score (nSPS) is 19.5. The predicted molar refractivity (Wildman–Crippen MR) is 89.6 cm³/mol. The second kappa shape index (κ2) is 7.87. The average Bonchev–Trinajstić information content (AvgIpc) is 2.52. The summed E-state index contributed by atoms with van der Waals surface area (Å²) in [5, 5.41) is 11.1. The van der Waals surface area contributed by atoms with Gasteiger partial charge in [-0.3, -0.25) is 4.79 Å². The number of primary sulfonamides is 1. The number of piperidine rings is 1. The number of hydrogen-bond donors (Lipinski definition) is 3. The van der Waals surface area contributed by atoms with Crippen LogP contribution in [0, 0.1) is 0 Å². The molecule has 2 rings (SSSR count). The fraction of sp³-hybridized carbons (Fsp3) is 0.533. The zero-order chi connectivity index (χ0) is 16.9. The third-order valence-corrected chi connectivity index (χ3v) is 4.93. The Kier molecular flexibility index (Phi) is 6.11. The first-order valence-corrected chi connectivity index (χ1v) is 9.25. The molecule has 1 heterocycles. The largest absolute Gasteiger partial charge is 0.326 e. The van der Waals surface area contributed by atoms with Gasteiger partial charge in [-0.2, -0.15) is 0 Å². The van der Waals surface area contributed by atoms with Gasteiger partial charge in [0.2, 0.25) is 15.9 Å². The number of nitrogens with zero attached hydrogens (tertiary/aromatic N) is 1. The minimum Gasteiger partial charge on any atom is -0.326 e. The molecule has 1 saturated heterocycles. The van der Waals surface area contributed by atoms with Crippen molar-refractivity contribution in [2.75, 3.05) is 32.0 Å². The Morgan fingerprint density at radius 1 is 1.43 bits per heavy atom. The molecule has 0 aliphatic carbocycles. The SMILES string of the molecule is CNC1CCCN(CCC(=O)Nc2cccc(S(N)(=O)=O)c2)C1. The van der Waals surface area contributed by atoms with Crippen LogP contribution in [0.25, 0.3) is 0 Å². The number of carbonyl (C=O) groups is 1. The quantitative estimate of drug-likeness (QED) is 0.693. The molecule has 1 aromatic rings.